The van der Waals surface area contributed by atoms with Crippen molar-refractivity contribution in [2.45, 2.75) is 13.3 Å². The maximum Gasteiger partial charge on any atom is 0.243 e. The highest BCUT2D eigenvalue weighted by Gasteiger charge is 2.23. The van der Waals surface area contributed by atoms with Crippen LogP contribution >= 0.6 is 0 Å². The Bertz CT molecular complexity index is 914. The zero-order valence-corrected chi connectivity index (χ0v) is 16.4. The molecule has 1 aromatic heterocycles. The number of nitrogens with zero attached hydrogens (tertiary/aromatic N) is 3. The van der Waals surface area contributed by atoms with Gasteiger partial charge >= 0.3 is 0 Å². The van der Waals surface area contributed by atoms with Crippen LogP contribution in [-0.4, -0.2) is 56.4 Å². The van der Waals surface area contributed by atoms with Gasteiger partial charge in [-0.05, 0) is 43.2 Å². The molecule has 0 N–H and O–H groups in total. The molecular formula is C19H23N3O4S. The second-order valence-corrected chi connectivity index (χ2v) is 8.20. The number of carbonyl (C=O) groups is 2. The summed E-state index contributed by atoms with van der Waals surface area (Å²) >= 11 is 0. The van der Waals surface area contributed by atoms with Crippen molar-refractivity contribution in [1.82, 2.24) is 9.88 Å². The van der Waals surface area contributed by atoms with E-state index in [1.54, 1.807) is 37.6 Å². The number of Topliss-reactive ketones (excluding diaryl/α,β-unsaturated/α-hetero) is 1. The number of carbonyl (C=O) groups excluding carboxylic acids is 2. The minimum absolute atomic E-state index is 0.175. The SMILES string of the molecule is CC(=O)c1cccc(N(CC(=O)N(C)CCc2ccncc2)S(C)(=O)=O)c1. The number of pyridine rings is 1. The first-order chi connectivity index (χ1) is 12.7. The van der Waals surface area contributed by atoms with Crippen molar-refractivity contribution in [3.8, 4) is 0 Å². The highest BCUT2D eigenvalue weighted by molar-refractivity contribution is 7.92. The molecule has 1 heterocycles. The standard InChI is InChI=1S/C19H23N3O4S/c1-15(23)17-5-4-6-18(13-17)22(27(3,25)26)14-19(24)21(2)12-9-16-7-10-20-11-8-16/h4-8,10-11,13H,9,12,14H2,1-3H3. The fourth-order valence-electron chi connectivity index (χ4n) is 2.49. The van der Waals surface area contributed by atoms with Gasteiger partial charge < -0.3 is 4.90 Å². The van der Waals surface area contributed by atoms with Gasteiger partial charge in [0, 0.05) is 31.5 Å². The summed E-state index contributed by atoms with van der Waals surface area (Å²) in [6.45, 7) is 1.53. The molecule has 0 spiro atoms. The minimum atomic E-state index is -3.69. The molecule has 0 aliphatic heterocycles. The smallest absolute Gasteiger partial charge is 0.243 e. The molecule has 2 rings (SSSR count). The molecule has 1 aromatic carbocycles. The van der Waals surface area contributed by atoms with Crippen molar-refractivity contribution in [3.63, 3.8) is 0 Å². The number of likely N-dealkylation sites (N-methyl/N-ethyl adjacent to an activating group) is 1. The molecular weight excluding hydrogens is 366 g/mol. The predicted octanol–water partition coefficient (Wildman–Crippen LogP) is 1.75. The van der Waals surface area contributed by atoms with Crippen molar-refractivity contribution in [3.05, 3.63) is 59.9 Å². The van der Waals surface area contributed by atoms with Crippen LogP contribution in [0.1, 0.15) is 22.8 Å². The Labute approximate surface area is 159 Å². The van der Waals surface area contributed by atoms with Gasteiger partial charge in [0.1, 0.15) is 6.54 Å². The van der Waals surface area contributed by atoms with Crippen LogP contribution in [0.25, 0.3) is 0 Å². The van der Waals surface area contributed by atoms with Crippen LogP contribution < -0.4 is 4.31 Å². The number of anilines is 1. The zero-order valence-electron chi connectivity index (χ0n) is 15.6. The lowest BCUT2D eigenvalue weighted by atomic mass is 10.1. The summed E-state index contributed by atoms with van der Waals surface area (Å²) in [5.74, 6) is -0.506. The Morgan fingerprint density at radius 3 is 2.37 bits per heavy atom. The lowest BCUT2D eigenvalue weighted by Crippen LogP contribution is -2.41. The van der Waals surface area contributed by atoms with Crippen LogP contribution in [0.3, 0.4) is 0 Å². The van der Waals surface area contributed by atoms with Gasteiger partial charge in [0.25, 0.3) is 0 Å². The lowest BCUT2D eigenvalue weighted by molar-refractivity contribution is -0.128. The van der Waals surface area contributed by atoms with E-state index >= 15 is 0 Å². The van der Waals surface area contributed by atoms with E-state index < -0.39 is 10.0 Å². The summed E-state index contributed by atoms with van der Waals surface area (Å²) in [7, 11) is -2.05. The van der Waals surface area contributed by atoms with Gasteiger partial charge in [-0.2, -0.15) is 0 Å². The molecule has 0 aliphatic rings. The average Bonchev–Trinajstić information content (AvgIpc) is 2.63. The first-order valence-electron chi connectivity index (χ1n) is 8.40. The number of hydrogen-bond acceptors (Lipinski definition) is 5. The van der Waals surface area contributed by atoms with Gasteiger partial charge in [0.2, 0.25) is 15.9 Å². The first kappa shape index (κ1) is 20.6. The van der Waals surface area contributed by atoms with Crippen molar-refractivity contribution in [1.29, 1.82) is 0 Å². The van der Waals surface area contributed by atoms with Gasteiger partial charge in [-0.1, -0.05) is 12.1 Å². The van der Waals surface area contributed by atoms with Crippen molar-refractivity contribution < 1.29 is 18.0 Å². The van der Waals surface area contributed by atoms with Crippen molar-refractivity contribution in [2.75, 3.05) is 30.7 Å². The third kappa shape index (κ3) is 5.89. The predicted molar refractivity (Wildman–Crippen MR) is 104 cm³/mol. The van der Waals surface area contributed by atoms with E-state index in [-0.39, 0.29) is 18.2 Å². The summed E-state index contributed by atoms with van der Waals surface area (Å²) in [4.78, 5) is 29.6. The molecule has 0 saturated heterocycles. The molecule has 0 fully saturated rings. The molecule has 1 amide bonds. The van der Waals surface area contributed by atoms with E-state index in [2.05, 4.69) is 4.98 Å². The van der Waals surface area contributed by atoms with Gasteiger partial charge in [-0.3, -0.25) is 18.9 Å². The van der Waals surface area contributed by atoms with Crippen LogP contribution in [0.2, 0.25) is 0 Å². The average molecular weight is 389 g/mol. The van der Waals surface area contributed by atoms with Crippen LogP contribution in [0, 0.1) is 0 Å². The monoisotopic (exact) mass is 389 g/mol. The molecule has 0 saturated carbocycles. The highest BCUT2D eigenvalue weighted by atomic mass is 32.2. The largest absolute Gasteiger partial charge is 0.344 e. The molecule has 7 nitrogen and oxygen atoms in total. The molecule has 0 aliphatic carbocycles. The van der Waals surface area contributed by atoms with E-state index in [4.69, 9.17) is 0 Å². The Kier molecular flexibility index (Phi) is 6.68. The number of sulfonamides is 1. The third-order valence-corrected chi connectivity index (χ3v) is 5.27. The molecule has 0 bridgehead atoms. The maximum atomic E-state index is 12.6. The first-order valence-corrected chi connectivity index (χ1v) is 10.2. The molecule has 0 atom stereocenters. The molecule has 2 aromatic rings. The van der Waals surface area contributed by atoms with Gasteiger partial charge in [0.15, 0.2) is 5.78 Å². The van der Waals surface area contributed by atoms with E-state index in [0.717, 1.165) is 16.1 Å². The Balaban J connectivity index is 2.12. The lowest BCUT2D eigenvalue weighted by Gasteiger charge is -2.25. The quantitative estimate of drug-likeness (QED) is 0.642. The fourth-order valence-corrected chi connectivity index (χ4v) is 3.34. The van der Waals surface area contributed by atoms with Gasteiger partial charge in [-0.15, -0.1) is 0 Å². The van der Waals surface area contributed by atoms with E-state index in [1.165, 1.54) is 17.9 Å². The number of ketones is 1. The molecule has 8 heteroatoms. The number of amides is 1. The third-order valence-electron chi connectivity index (χ3n) is 4.13. The fraction of sp³-hybridized carbons (Fsp3) is 0.316. The second-order valence-electron chi connectivity index (χ2n) is 6.30. The minimum Gasteiger partial charge on any atom is -0.344 e. The summed E-state index contributed by atoms with van der Waals surface area (Å²) in [5, 5.41) is 0. The van der Waals surface area contributed by atoms with Crippen LogP contribution in [0.5, 0.6) is 0 Å². The molecule has 0 unspecified atom stereocenters. The van der Waals surface area contributed by atoms with E-state index in [9.17, 15) is 18.0 Å². The number of hydrogen-bond donors (Lipinski definition) is 0. The summed E-state index contributed by atoms with van der Waals surface area (Å²) in [6, 6.07) is 9.99. The van der Waals surface area contributed by atoms with Crippen molar-refractivity contribution in [2.24, 2.45) is 0 Å². The summed E-state index contributed by atoms with van der Waals surface area (Å²) in [6.07, 6.45) is 5.05. The van der Waals surface area contributed by atoms with Gasteiger partial charge in [-0.25, -0.2) is 8.42 Å². The topological polar surface area (TPSA) is 87.7 Å². The van der Waals surface area contributed by atoms with Crippen LogP contribution in [0.4, 0.5) is 5.69 Å². The van der Waals surface area contributed by atoms with E-state index in [1.807, 2.05) is 12.1 Å². The summed E-state index contributed by atoms with van der Waals surface area (Å²) < 4.78 is 25.4. The van der Waals surface area contributed by atoms with Crippen LogP contribution in [0.15, 0.2) is 48.8 Å². The van der Waals surface area contributed by atoms with E-state index in [0.29, 0.717) is 24.2 Å². The molecule has 144 valence electrons. The Morgan fingerprint density at radius 1 is 1.11 bits per heavy atom. The number of benzene rings is 1. The van der Waals surface area contributed by atoms with Crippen LogP contribution in [-0.2, 0) is 21.2 Å². The zero-order chi connectivity index (χ0) is 20.0. The Hall–Kier alpha value is -2.74. The normalized spacial score (nSPS) is 11.1. The number of aromatic nitrogens is 1. The van der Waals surface area contributed by atoms with Gasteiger partial charge in [0.05, 0.1) is 11.9 Å². The summed E-state index contributed by atoms with van der Waals surface area (Å²) in [5.41, 5.74) is 1.72. The molecule has 0 radical (unpaired) electrons. The number of rotatable bonds is 8. The highest BCUT2D eigenvalue weighted by Crippen LogP contribution is 2.19. The Morgan fingerprint density at radius 2 is 1.78 bits per heavy atom. The maximum absolute atomic E-state index is 12.6. The molecule has 27 heavy (non-hydrogen) atoms. The second kappa shape index (κ2) is 8.77. The van der Waals surface area contributed by atoms with Crippen molar-refractivity contribution >= 4 is 27.4 Å².